The summed E-state index contributed by atoms with van der Waals surface area (Å²) >= 11 is 0. The van der Waals surface area contributed by atoms with E-state index in [0.717, 1.165) is 31.3 Å². The Bertz CT molecular complexity index is 474. The van der Waals surface area contributed by atoms with E-state index in [1.165, 1.54) is 31.2 Å². The minimum absolute atomic E-state index is 0.133. The molecule has 2 fully saturated rings. The summed E-state index contributed by atoms with van der Waals surface area (Å²) in [5.41, 5.74) is 1.33. The third kappa shape index (κ3) is 4.34. The molecule has 0 aliphatic heterocycles. The molecule has 116 valence electrons. The highest BCUT2D eigenvalue weighted by Gasteiger charge is 2.32. The molecule has 0 aromatic carbocycles. The molecule has 1 aromatic rings. The van der Waals surface area contributed by atoms with Crippen LogP contribution in [0, 0.1) is 11.8 Å². The van der Waals surface area contributed by atoms with E-state index in [2.05, 4.69) is 29.8 Å². The Morgan fingerprint density at radius 1 is 1.38 bits per heavy atom. The van der Waals surface area contributed by atoms with Gasteiger partial charge in [0.2, 0.25) is 5.91 Å². The molecule has 2 aliphatic rings. The van der Waals surface area contributed by atoms with E-state index in [0.29, 0.717) is 12.6 Å². The van der Waals surface area contributed by atoms with Crippen molar-refractivity contribution in [3.8, 4) is 0 Å². The summed E-state index contributed by atoms with van der Waals surface area (Å²) in [6.07, 6.45) is 10.5. The van der Waals surface area contributed by atoms with Gasteiger partial charge in [-0.25, -0.2) is 0 Å². The average molecular weight is 289 g/mol. The van der Waals surface area contributed by atoms with Crippen LogP contribution in [0.4, 0.5) is 0 Å². The highest BCUT2D eigenvalue weighted by molar-refractivity contribution is 5.75. The number of hydrogen-bond donors (Lipinski definition) is 2. The molecule has 0 radical (unpaired) electrons. The first-order valence-corrected chi connectivity index (χ1v) is 8.42. The second-order valence-electron chi connectivity index (χ2n) is 6.63. The first-order chi connectivity index (χ1) is 10.3. The second-order valence-corrected chi connectivity index (χ2v) is 6.63. The fraction of sp³-hybridized carbons (Fsp3) is 0.706. The molecular formula is C17H27N3O. The predicted molar refractivity (Wildman–Crippen MR) is 83.9 cm³/mol. The fourth-order valence-corrected chi connectivity index (χ4v) is 2.83. The van der Waals surface area contributed by atoms with Gasteiger partial charge in [0.25, 0.3) is 0 Å². The average Bonchev–Trinajstić information content (AvgIpc) is 3.38. The largest absolute Gasteiger partial charge is 0.354 e. The number of carbonyl (C=O) groups is 1. The quantitative estimate of drug-likeness (QED) is 0.733. The highest BCUT2D eigenvalue weighted by atomic mass is 16.1. The van der Waals surface area contributed by atoms with Crippen LogP contribution in [-0.2, 0) is 11.3 Å². The topological polar surface area (TPSA) is 46.1 Å². The summed E-state index contributed by atoms with van der Waals surface area (Å²) in [6.45, 7) is 4.56. The van der Waals surface area contributed by atoms with Gasteiger partial charge in [-0.15, -0.1) is 0 Å². The van der Waals surface area contributed by atoms with Crippen LogP contribution < -0.4 is 10.6 Å². The van der Waals surface area contributed by atoms with E-state index in [9.17, 15) is 4.79 Å². The summed E-state index contributed by atoms with van der Waals surface area (Å²) in [4.78, 5) is 11.9. The van der Waals surface area contributed by atoms with Crippen molar-refractivity contribution in [3.05, 3.63) is 24.0 Å². The van der Waals surface area contributed by atoms with E-state index in [1.807, 2.05) is 10.8 Å². The summed E-state index contributed by atoms with van der Waals surface area (Å²) in [7, 11) is 0. The molecule has 2 aliphatic carbocycles. The van der Waals surface area contributed by atoms with Crippen LogP contribution in [0.1, 0.15) is 50.6 Å². The Morgan fingerprint density at radius 2 is 2.19 bits per heavy atom. The van der Waals surface area contributed by atoms with Gasteiger partial charge in [-0.3, -0.25) is 4.79 Å². The van der Waals surface area contributed by atoms with Crippen LogP contribution in [-0.4, -0.2) is 23.6 Å². The zero-order chi connectivity index (χ0) is 14.7. The van der Waals surface area contributed by atoms with E-state index < -0.39 is 0 Å². The first-order valence-electron chi connectivity index (χ1n) is 8.42. The molecule has 0 saturated heterocycles. The summed E-state index contributed by atoms with van der Waals surface area (Å²) in [6, 6.07) is 2.64. The summed E-state index contributed by atoms with van der Waals surface area (Å²) in [5, 5.41) is 6.67. The van der Waals surface area contributed by atoms with Crippen molar-refractivity contribution in [3.63, 3.8) is 0 Å². The van der Waals surface area contributed by atoms with E-state index in [-0.39, 0.29) is 5.91 Å². The normalized spacial score (nSPS) is 19.5. The van der Waals surface area contributed by atoms with Crippen molar-refractivity contribution in [2.45, 2.75) is 51.6 Å². The van der Waals surface area contributed by atoms with Gasteiger partial charge in [-0.1, -0.05) is 6.92 Å². The maximum atomic E-state index is 11.9. The van der Waals surface area contributed by atoms with E-state index in [4.69, 9.17) is 0 Å². The smallest absolute Gasteiger partial charge is 0.239 e. The molecule has 2 saturated carbocycles. The number of aromatic nitrogens is 1. The van der Waals surface area contributed by atoms with Gasteiger partial charge in [-0.2, -0.15) is 0 Å². The molecule has 4 heteroatoms. The molecule has 4 nitrogen and oxygen atoms in total. The van der Waals surface area contributed by atoms with Crippen LogP contribution in [0.3, 0.4) is 0 Å². The van der Waals surface area contributed by atoms with Gasteiger partial charge in [0.1, 0.15) is 6.54 Å². The molecular weight excluding hydrogens is 262 g/mol. The van der Waals surface area contributed by atoms with Crippen molar-refractivity contribution in [2.75, 3.05) is 13.1 Å². The SMILES string of the molecule is CCCNC(c1ccn(CC(=O)NCC2CC2)c1)C1CC1. The van der Waals surface area contributed by atoms with Gasteiger partial charge in [0.15, 0.2) is 0 Å². The van der Waals surface area contributed by atoms with Crippen LogP contribution in [0.2, 0.25) is 0 Å². The van der Waals surface area contributed by atoms with Crippen molar-refractivity contribution in [1.29, 1.82) is 0 Å². The molecule has 1 amide bonds. The Labute approximate surface area is 127 Å². The van der Waals surface area contributed by atoms with Crippen molar-refractivity contribution in [1.82, 2.24) is 15.2 Å². The van der Waals surface area contributed by atoms with Gasteiger partial charge in [0, 0.05) is 25.0 Å². The van der Waals surface area contributed by atoms with E-state index in [1.54, 1.807) is 0 Å². The predicted octanol–water partition coefficient (Wildman–Crippen LogP) is 2.46. The Morgan fingerprint density at radius 3 is 2.86 bits per heavy atom. The number of carbonyl (C=O) groups excluding carboxylic acids is 1. The first kappa shape index (κ1) is 14.6. The lowest BCUT2D eigenvalue weighted by Crippen LogP contribution is -2.29. The molecule has 0 spiro atoms. The van der Waals surface area contributed by atoms with Crippen LogP contribution in [0.25, 0.3) is 0 Å². The maximum Gasteiger partial charge on any atom is 0.239 e. The molecule has 3 rings (SSSR count). The highest BCUT2D eigenvalue weighted by Crippen LogP contribution is 2.41. The number of nitrogens with one attached hydrogen (secondary N) is 2. The summed E-state index contributed by atoms with van der Waals surface area (Å²) in [5.74, 6) is 1.66. The third-order valence-electron chi connectivity index (χ3n) is 4.45. The molecule has 1 unspecified atom stereocenters. The van der Waals surface area contributed by atoms with E-state index >= 15 is 0 Å². The number of rotatable bonds is 9. The fourth-order valence-electron chi connectivity index (χ4n) is 2.83. The standard InChI is InChI=1S/C17H27N3O/c1-2-8-18-17(14-5-6-14)15-7-9-20(11-15)12-16(21)19-10-13-3-4-13/h7,9,11,13-14,17-18H,2-6,8,10,12H2,1H3,(H,19,21). The number of nitrogens with zero attached hydrogens (tertiary/aromatic N) is 1. The minimum Gasteiger partial charge on any atom is -0.354 e. The molecule has 21 heavy (non-hydrogen) atoms. The molecule has 2 N–H and O–H groups in total. The van der Waals surface area contributed by atoms with Crippen molar-refractivity contribution in [2.24, 2.45) is 11.8 Å². The molecule has 1 heterocycles. The summed E-state index contributed by atoms with van der Waals surface area (Å²) < 4.78 is 2.01. The monoisotopic (exact) mass is 289 g/mol. The lowest BCUT2D eigenvalue weighted by molar-refractivity contribution is -0.121. The Kier molecular flexibility index (Phi) is 4.63. The second kappa shape index (κ2) is 6.65. The van der Waals surface area contributed by atoms with Gasteiger partial charge in [0.05, 0.1) is 0 Å². The zero-order valence-corrected chi connectivity index (χ0v) is 13.0. The third-order valence-corrected chi connectivity index (χ3v) is 4.45. The van der Waals surface area contributed by atoms with Gasteiger partial charge in [-0.05, 0) is 62.1 Å². The molecule has 1 aromatic heterocycles. The number of hydrogen-bond acceptors (Lipinski definition) is 2. The van der Waals surface area contributed by atoms with Gasteiger partial charge >= 0.3 is 0 Å². The Hall–Kier alpha value is -1.29. The minimum atomic E-state index is 0.133. The van der Waals surface area contributed by atoms with Crippen molar-refractivity contribution < 1.29 is 4.79 Å². The lowest BCUT2D eigenvalue weighted by atomic mass is 10.1. The van der Waals surface area contributed by atoms with Crippen LogP contribution in [0.15, 0.2) is 18.5 Å². The molecule has 0 bridgehead atoms. The molecule has 1 atom stereocenters. The maximum absolute atomic E-state index is 11.9. The van der Waals surface area contributed by atoms with Crippen molar-refractivity contribution >= 4 is 5.91 Å². The van der Waals surface area contributed by atoms with Crippen LogP contribution >= 0.6 is 0 Å². The Balaban J connectivity index is 1.52. The number of amides is 1. The van der Waals surface area contributed by atoms with Gasteiger partial charge < -0.3 is 15.2 Å². The lowest BCUT2D eigenvalue weighted by Gasteiger charge is -2.16. The van der Waals surface area contributed by atoms with Crippen LogP contribution in [0.5, 0.6) is 0 Å². The zero-order valence-electron chi connectivity index (χ0n) is 13.0.